The number of nitrogens with zero attached hydrogens (tertiary/aromatic N) is 1. The number of carbonyl (C=O) groups excluding carboxylic acids is 1. The fourth-order valence-electron chi connectivity index (χ4n) is 3.56. The van der Waals surface area contributed by atoms with Crippen LogP contribution in [0.2, 0.25) is 0 Å². The number of carbonyl (C=O) groups is 1. The number of hydrogen-bond donors (Lipinski definition) is 1. The van der Waals surface area contributed by atoms with Gasteiger partial charge in [-0.25, -0.2) is 0 Å². The molecule has 1 saturated heterocycles. The quantitative estimate of drug-likeness (QED) is 0.901. The van der Waals surface area contributed by atoms with Crippen LogP contribution in [-0.2, 0) is 13.0 Å². The van der Waals surface area contributed by atoms with Gasteiger partial charge in [-0.3, -0.25) is 4.79 Å². The van der Waals surface area contributed by atoms with Crippen LogP contribution in [0, 0.1) is 0 Å². The predicted molar refractivity (Wildman–Crippen MR) is 96.7 cm³/mol. The Balaban J connectivity index is 0.00000156. The first-order valence-electron chi connectivity index (χ1n) is 7.97. The van der Waals surface area contributed by atoms with Gasteiger partial charge in [0.1, 0.15) is 0 Å². The average Bonchev–Trinajstić information content (AvgIpc) is 3.24. The predicted octanol–water partition coefficient (Wildman–Crippen LogP) is 3.45. The second-order valence-corrected chi connectivity index (χ2v) is 7.12. The van der Waals surface area contributed by atoms with Crippen molar-refractivity contribution in [1.82, 2.24) is 10.2 Å². The number of hydrogen-bond acceptors (Lipinski definition) is 3. The molecule has 0 spiro atoms. The van der Waals surface area contributed by atoms with Crippen LogP contribution in [0.15, 0.2) is 35.7 Å². The number of halogens is 1. The summed E-state index contributed by atoms with van der Waals surface area (Å²) in [7, 11) is 0. The molecule has 1 amide bonds. The van der Waals surface area contributed by atoms with Crippen LogP contribution in [0.3, 0.4) is 0 Å². The summed E-state index contributed by atoms with van der Waals surface area (Å²) in [6, 6.07) is 10.3. The third-order valence-electron chi connectivity index (χ3n) is 4.79. The second-order valence-electron chi connectivity index (χ2n) is 6.12. The zero-order valence-electron chi connectivity index (χ0n) is 13.0. The van der Waals surface area contributed by atoms with E-state index in [9.17, 15) is 4.79 Å². The van der Waals surface area contributed by atoms with E-state index in [1.165, 1.54) is 16.0 Å². The summed E-state index contributed by atoms with van der Waals surface area (Å²) < 4.78 is 0. The van der Waals surface area contributed by atoms with E-state index in [1.54, 1.807) is 0 Å². The van der Waals surface area contributed by atoms with Crippen molar-refractivity contribution >= 4 is 29.7 Å². The molecule has 4 rings (SSSR count). The zero-order chi connectivity index (χ0) is 14.9. The molecule has 0 aliphatic carbocycles. The first-order chi connectivity index (χ1) is 10.8. The largest absolute Gasteiger partial charge is 0.334 e. The molecule has 1 aromatic carbocycles. The van der Waals surface area contributed by atoms with Crippen LogP contribution in [-0.4, -0.2) is 30.4 Å². The van der Waals surface area contributed by atoms with E-state index in [0.717, 1.165) is 44.6 Å². The molecule has 2 aromatic rings. The fourth-order valence-corrected chi connectivity index (χ4v) is 4.45. The van der Waals surface area contributed by atoms with E-state index in [2.05, 4.69) is 28.9 Å². The Morgan fingerprint density at radius 3 is 2.96 bits per heavy atom. The van der Waals surface area contributed by atoms with Crippen LogP contribution in [0.4, 0.5) is 0 Å². The molecule has 1 atom stereocenters. The van der Waals surface area contributed by atoms with Gasteiger partial charge < -0.3 is 10.2 Å². The highest BCUT2D eigenvalue weighted by Gasteiger charge is 2.27. The Hall–Kier alpha value is -1.36. The summed E-state index contributed by atoms with van der Waals surface area (Å²) in [5.74, 6) is 0.668. The number of benzene rings is 1. The van der Waals surface area contributed by atoms with Crippen LogP contribution in [0.1, 0.15) is 38.7 Å². The summed E-state index contributed by atoms with van der Waals surface area (Å²) in [6.45, 7) is 3.63. The molecule has 2 aliphatic rings. The number of thiophene rings is 1. The molecule has 1 unspecified atom stereocenters. The minimum Gasteiger partial charge on any atom is -0.334 e. The lowest BCUT2D eigenvalue weighted by Gasteiger charge is -2.28. The van der Waals surface area contributed by atoms with Crippen LogP contribution < -0.4 is 5.32 Å². The number of nitrogens with one attached hydrogen (secondary N) is 1. The van der Waals surface area contributed by atoms with Crippen LogP contribution >= 0.6 is 23.7 Å². The number of amides is 1. The molecule has 5 heteroatoms. The molecule has 3 nitrogen and oxygen atoms in total. The maximum atomic E-state index is 13.0. The Morgan fingerprint density at radius 1 is 1.26 bits per heavy atom. The zero-order valence-corrected chi connectivity index (χ0v) is 14.6. The molecular formula is C18H21ClN2OS. The molecule has 23 heavy (non-hydrogen) atoms. The van der Waals surface area contributed by atoms with Gasteiger partial charge in [0.25, 0.3) is 5.91 Å². The van der Waals surface area contributed by atoms with Crippen LogP contribution in [0.5, 0.6) is 0 Å². The lowest BCUT2D eigenvalue weighted by molar-refractivity contribution is 0.0734. The van der Waals surface area contributed by atoms with Crippen molar-refractivity contribution in [3.8, 4) is 0 Å². The molecule has 0 bridgehead atoms. The maximum absolute atomic E-state index is 13.0. The maximum Gasteiger partial charge on any atom is 0.254 e. The Morgan fingerprint density at radius 2 is 2.13 bits per heavy atom. The first kappa shape index (κ1) is 16.5. The summed E-state index contributed by atoms with van der Waals surface area (Å²) in [6.07, 6.45) is 2.12. The van der Waals surface area contributed by atoms with Crippen molar-refractivity contribution < 1.29 is 4.79 Å². The molecular weight excluding hydrogens is 328 g/mol. The average molecular weight is 349 g/mol. The second kappa shape index (κ2) is 7.04. The molecule has 0 saturated carbocycles. The van der Waals surface area contributed by atoms with Gasteiger partial charge in [0.2, 0.25) is 0 Å². The first-order valence-corrected chi connectivity index (χ1v) is 8.85. The van der Waals surface area contributed by atoms with Gasteiger partial charge in [-0.15, -0.1) is 23.7 Å². The smallest absolute Gasteiger partial charge is 0.254 e. The normalized spacial score (nSPS) is 20.0. The van der Waals surface area contributed by atoms with E-state index >= 15 is 0 Å². The van der Waals surface area contributed by atoms with Crippen molar-refractivity contribution in [3.63, 3.8) is 0 Å². The van der Waals surface area contributed by atoms with Crippen molar-refractivity contribution in [3.05, 3.63) is 57.3 Å². The minimum absolute atomic E-state index is 0. The van der Waals surface area contributed by atoms with Crippen LogP contribution in [0.25, 0.3) is 0 Å². The van der Waals surface area contributed by atoms with Gasteiger partial charge >= 0.3 is 0 Å². The van der Waals surface area contributed by atoms with Gasteiger partial charge in [-0.05, 0) is 53.9 Å². The summed E-state index contributed by atoms with van der Waals surface area (Å²) in [4.78, 5) is 16.5. The molecule has 1 N–H and O–H groups in total. The van der Waals surface area contributed by atoms with Crippen molar-refractivity contribution in [2.45, 2.75) is 25.3 Å². The summed E-state index contributed by atoms with van der Waals surface area (Å²) in [5, 5.41) is 5.54. The third kappa shape index (κ3) is 3.16. The third-order valence-corrected chi connectivity index (χ3v) is 5.81. The highest BCUT2D eigenvalue weighted by atomic mass is 35.5. The van der Waals surface area contributed by atoms with Gasteiger partial charge in [-0.2, -0.15) is 0 Å². The highest BCUT2D eigenvalue weighted by Crippen LogP contribution is 2.29. The summed E-state index contributed by atoms with van der Waals surface area (Å²) >= 11 is 1.81. The van der Waals surface area contributed by atoms with Gasteiger partial charge in [-0.1, -0.05) is 18.2 Å². The van der Waals surface area contributed by atoms with Gasteiger partial charge in [0.15, 0.2) is 0 Å². The molecule has 2 aliphatic heterocycles. The van der Waals surface area contributed by atoms with Gasteiger partial charge in [0.05, 0.1) is 0 Å². The Bertz CT molecular complexity index is 694. The van der Waals surface area contributed by atoms with E-state index < -0.39 is 0 Å². The topological polar surface area (TPSA) is 32.3 Å². The number of fused-ring (bicyclic) bond motifs is 1. The van der Waals surface area contributed by atoms with Crippen molar-refractivity contribution in [1.29, 1.82) is 0 Å². The standard InChI is InChI=1S/C18H20N2OS.ClH/c21-18(20-9-6-17-14(12-20)7-10-22-17)16-4-2-1-3-15(16)13-5-8-19-11-13;/h1-4,7,10,13,19H,5-6,8-9,11-12H2;1H. The summed E-state index contributed by atoms with van der Waals surface area (Å²) in [5.41, 5.74) is 3.44. The molecule has 1 fully saturated rings. The van der Waals surface area contributed by atoms with E-state index in [4.69, 9.17) is 0 Å². The highest BCUT2D eigenvalue weighted by molar-refractivity contribution is 7.10. The van der Waals surface area contributed by atoms with E-state index in [0.29, 0.717) is 5.92 Å². The Labute approximate surface area is 147 Å². The van der Waals surface area contributed by atoms with Crippen molar-refractivity contribution in [2.24, 2.45) is 0 Å². The molecule has 1 aromatic heterocycles. The Kier molecular flexibility index (Phi) is 5.05. The monoisotopic (exact) mass is 348 g/mol. The van der Waals surface area contributed by atoms with Crippen molar-refractivity contribution in [2.75, 3.05) is 19.6 Å². The molecule has 122 valence electrons. The molecule has 0 radical (unpaired) electrons. The van der Waals surface area contributed by atoms with E-state index in [1.807, 2.05) is 28.4 Å². The minimum atomic E-state index is 0. The lowest BCUT2D eigenvalue weighted by atomic mass is 9.92. The fraction of sp³-hybridized carbons (Fsp3) is 0.389. The SMILES string of the molecule is Cl.O=C(c1ccccc1C1CCNC1)N1CCc2sccc2C1. The van der Waals surface area contributed by atoms with Gasteiger partial charge in [0, 0.05) is 30.1 Å². The van der Waals surface area contributed by atoms with E-state index in [-0.39, 0.29) is 18.3 Å². The lowest BCUT2D eigenvalue weighted by Crippen LogP contribution is -2.36. The molecule has 3 heterocycles. The number of rotatable bonds is 2.